The number of piperidine rings is 1. The topological polar surface area (TPSA) is 58.5 Å². The molecule has 1 aliphatic carbocycles. The number of nitrogens with zero attached hydrogens (tertiary/aromatic N) is 3. The zero-order valence-electron chi connectivity index (χ0n) is 17.0. The van der Waals surface area contributed by atoms with Crippen molar-refractivity contribution in [3.8, 4) is 5.75 Å². The summed E-state index contributed by atoms with van der Waals surface area (Å²) in [5.74, 6) is 2.02. The van der Waals surface area contributed by atoms with Crippen LogP contribution in [0.25, 0.3) is 0 Å². The van der Waals surface area contributed by atoms with Gasteiger partial charge < -0.3 is 9.84 Å². The summed E-state index contributed by atoms with van der Waals surface area (Å²) < 4.78 is 5.31. The van der Waals surface area contributed by atoms with E-state index in [1.54, 1.807) is 7.11 Å². The predicted octanol–water partition coefficient (Wildman–Crippen LogP) is 3.53. The molecule has 3 atom stereocenters. The average Bonchev–Trinajstić information content (AvgIpc) is 2.70. The van der Waals surface area contributed by atoms with Crippen molar-refractivity contribution < 1.29 is 9.84 Å². The van der Waals surface area contributed by atoms with Crippen molar-refractivity contribution in [3.05, 3.63) is 53.6 Å². The monoisotopic (exact) mass is 381 g/mol. The summed E-state index contributed by atoms with van der Waals surface area (Å²) in [6.45, 7) is 3.67. The normalized spacial score (nSPS) is 28.0. The third kappa shape index (κ3) is 4.06. The van der Waals surface area contributed by atoms with Gasteiger partial charge in [0.1, 0.15) is 11.6 Å². The van der Waals surface area contributed by atoms with E-state index in [0.29, 0.717) is 12.0 Å². The molecule has 1 saturated heterocycles. The first-order valence-corrected chi connectivity index (χ1v) is 10.5. The number of hydrogen-bond acceptors (Lipinski definition) is 5. The first-order valence-electron chi connectivity index (χ1n) is 10.5. The number of hydrogen-bond donors (Lipinski definition) is 1. The Labute approximate surface area is 167 Å². The van der Waals surface area contributed by atoms with Gasteiger partial charge in [0.05, 0.1) is 18.4 Å². The van der Waals surface area contributed by atoms with E-state index in [1.165, 1.54) is 12.0 Å². The lowest BCUT2D eigenvalue weighted by molar-refractivity contribution is -0.124. The van der Waals surface area contributed by atoms with Gasteiger partial charge in [-0.15, -0.1) is 0 Å². The molecule has 4 rings (SSSR count). The number of aromatic nitrogens is 2. The molecule has 0 radical (unpaired) electrons. The van der Waals surface area contributed by atoms with Crippen LogP contribution < -0.4 is 4.74 Å². The maximum Gasteiger partial charge on any atom is 0.125 e. The average molecular weight is 382 g/mol. The quantitative estimate of drug-likeness (QED) is 0.859. The molecule has 0 amide bonds. The molecule has 1 aliphatic heterocycles. The van der Waals surface area contributed by atoms with Crippen molar-refractivity contribution in [2.24, 2.45) is 5.92 Å². The van der Waals surface area contributed by atoms with E-state index in [1.807, 2.05) is 31.3 Å². The van der Waals surface area contributed by atoms with Gasteiger partial charge in [0.15, 0.2) is 0 Å². The minimum Gasteiger partial charge on any atom is -0.497 e. The molecule has 1 saturated carbocycles. The SMILES string of the molecule is COc1ccc(C[C@@H]2[C@@H]3CCCC[C@]3(O)CCN2Cc2ccnc(C)n2)cc1. The van der Waals surface area contributed by atoms with Crippen molar-refractivity contribution in [2.75, 3.05) is 13.7 Å². The van der Waals surface area contributed by atoms with Gasteiger partial charge in [-0.25, -0.2) is 9.97 Å². The summed E-state index contributed by atoms with van der Waals surface area (Å²) in [4.78, 5) is 11.4. The molecule has 2 heterocycles. The summed E-state index contributed by atoms with van der Waals surface area (Å²) in [5, 5.41) is 11.4. The van der Waals surface area contributed by atoms with Crippen LogP contribution in [0, 0.1) is 12.8 Å². The lowest BCUT2D eigenvalue weighted by atomic mass is 9.66. The van der Waals surface area contributed by atoms with Crippen LogP contribution >= 0.6 is 0 Å². The summed E-state index contributed by atoms with van der Waals surface area (Å²) in [5.41, 5.74) is 1.85. The number of ether oxygens (including phenoxy) is 1. The molecule has 0 spiro atoms. The van der Waals surface area contributed by atoms with Gasteiger partial charge in [0, 0.05) is 31.2 Å². The summed E-state index contributed by atoms with van der Waals surface area (Å²) >= 11 is 0. The fourth-order valence-corrected chi connectivity index (χ4v) is 5.14. The minimum atomic E-state index is -0.506. The van der Waals surface area contributed by atoms with Gasteiger partial charge in [-0.2, -0.15) is 0 Å². The van der Waals surface area contributed by atoms with Crippen LogP contribution in [0.5, 0.6) is 5.75 Å². The van der Waals surface area contributed by atoms with Crippen LogP contribution in [0.15, 0.2) is 36.5 Å². The van der Waals surface area contributed by atoms with E-state index in [-0.39, 0.29) is 0 Å². The van der Waals surface area contributed by atoms with Gasteiger partial charge in [-0.3, -0.25) is 4.90 Å². The van der Waals surface area contributed by atoms with Crippen molar-refractivity contribution in [1.82, 2.24) is 14.9 Å². The number of rotatable bonds is 5. The van der Waals surface area contributed by atoms with Crippen LogP contribution in [0.2, 0.25) is 0 Å². The van der Waals surface area contributed by atoms with E-state index in [4.69, 9.17) is 4.74 Å². The zero-order valence-corrected chi connectivity index (χ0v) is 17.0. The molecule has 28 heavy (non-hydrogen) atoms. The van der Waals surface area contributed by atoms with E-state index in [0.717, 1.165) is 62.5 Å². The largest absolute Gasteiger partial charge is 0.497 e. The molecule has 2 fully saturated rings. The zero-order chi connectivity index (χ0) is 19.6. The lowest BCUT2D eigenvalue weighted by Crippen LogP contribution is -2.59. The molecule has 0 bridgehead atoms. The highest BCUT2D eigenvalue weighted by Gasteiger charge is 2.48. The molecule has 2 aromatic rings. The van der Waals surface area contributed by atoms with E-state index >= 15 is 0 Å². The standard InChI is InChI=1S/C23H31N3O2/c1-17-24-13-10-19(25-17)16-26-14-12-23(27)11-4-3-5-21(23)22(26)15-18-6-8-20(28-2)9-7-18/h6-10,13,21-22,27H,3-5,11-12,14-16H2,1-2H3/t21-,22+,23-/m0/s1. The Balaban J connectivity index is 1.59. The molecule has 5 heteroatoms. The second-order valence-electron chi connectivity index (χ2n) is 8.39. The first-order chi connectivity index (χ1) is 13.6. The highest BCUT2D eigenvalue weighted by Crippen LogP contribution is 2.44. The number of benzene rings is 1. The highest BCUT2D eigenvalue weighted by atomic mass is 16.5. The van der Waals surface area contributed by atoms with Crippen LogP contribution in [-0.4, -0.2) is 45.3 Å². The van der Waals surface area contributed by atoms with Crippen molar-refractivity contribution in [1.29, 1.82) is 0 Å². The summed E-state index contributed by atoms with van der Waals surface area (Å²) in [6.07, 6.45) is 8.06. The van der Waals surface area contributed by atoms with Gasteiger partial charge in [-0.05, 0) is 56.4 Å². The maximum absolute atomic E-state index is 11.4. The Morgan fingerprint density at radius 3 is 2.75 bits per heavy atom. The fourth-order valence-electron chi connectivity index (χ4n) is 5.14. The van der Waals surface area contributed by atoms with Crippen molar-refractivity contribution in [2.45, 2.75) is 63.6 Å². The number of aliphatic hydroxyl groups is 1. The Kier molecular flexibility index (Phi) is 5.65. The van der Waals surface area contributed by atoms with Crippen molar-refractivity contribution >= 4 is 0 Å². The number of likely N-dealkylation sites (tertiary alicyclic amines) is 1. The number of methoxy groups -OCH3 is 1. The van der Waals surface area contributed by atoms with E-state index in [9.17, 15) is 5.11 Å². The molecular formula is C23H31N3O2. The number of aryl methyl sites for hydroxylation is 1. The van der Waals surface area contributed by atoms with E-state index < -0.39 is 5.60 Å². The van der Waals surface area contributed by atoms with Gasteiger partial charge in [0.25, 0.3) is 0 Å². The van der Waals surface area contributed by atoms with E-state index in [2.05, 4.69) is 27.0 Å². The first kappa shape index (κ1) is 19.3. The third-order valence-corrected chi connectivity index (χ3v) is 6.63. The third-order valence-electron chi connectivity index (χ3n) is 6.63. The lowest BCUT2D eigenvalue weighted by Gasteiger charge is -2.52. The fraction of sp³-hybridized carbons (Fsp3) is 0.565. The minimum absolute atomic E-state index is 0.319. The molecule has 5 nitrogen and oxygen atoms in total. The summed E-state index contributed by atoms with van der Waals surface area (Å²) in [7, 11) is 1.70. The number of fused-ring (bicyclic) bond motifs is 1. The molecule has 2 aliphatic rings. The predicted molar refractivity (Wildman–Crippen MR) is 109 cm³/mol. The smallest absolute Gasteiger partial charge is 0.125 e. The Bertz CT molecular complexity index is 795. The molecule has 1 aromatic carbocycles. The Morgan fingerprint density at radius 2 is 2.00 bits per heavy atom. The second-order valence-corrected chi connectivity index (χ2v) is 8.39. The Morgan fingerprint density at radius 1 is 1.18 bits per heavy atom. The Hall–Kier alpha value is -1.98. The maximum atomic E-state index is 11.4. The summed E-state index contributed by atoms with van der Waals surface area (Å²) in [6, 6.07) is 10.7. The van der Waals surface area contributed by atoms with Crippen molar-refractivity contribution in [3.63, 3.8) is 0 Å². The molecular weight excluding hydrogens is 350 g/mol. The van der Waals surface area contributed by atoms with Crippen LogP contribution in [0.1, 0.15) is 49.2 Å². The van der Waals surface area contributed by atoms with Gasteiger partial charge in [0.2, 0.25) is 0 Å². The van der Waals surface area contributed by atoms with Gasteiger partial charge >= 0.3 is 0 Å². The molecule has 150 valence electrons. The second kappa shape index (κ2) is 8.18. The highest BCUT2D eigenvalue weighted by molar-refractivity contribution is 5.28. The molecule has 1 N–H and O–H groups in total. The van der Waals surface area contributed by atoms with Crippen LogP contribution in [0.4, 0.5) is 0 Å². The molecule has 0 unspecified atom stereocenters. The molecule has 1 aromatic heterocycles. The van der Waals surface area contributed by atoms with Crippen LogP contribution in [-0.2, 0) is 13.0 Å². The van der Waals surface area contributed by atoms with Crippen LogP contribution in [0.3, 0.4) is 0 Å². The van der Waals surface area contributed by atoms with Gasteiger partial charge in [-0.1, -0.05) is 25.0 Å².